The van der Waals surface area contributed by atoms with Gasteiger partial charge in [0.2, 0.25) is 0 Å². The van der Waals surface area contributed by atoms with Crippen molar-refractivity contribution < 1.29 is 31.1 Å². The molecule has 0 fully saturated rings. The number of nitrogens with one attached hydrogen (secondary N) is 1. The fraction of sp³-hybridized carbons (Fsp3) is 0.296. The average molecular weight is 554 g/mol. The quantitative estimate of drug-likeness (QED) is 0.220. The van der Waals surface area contributed by atoms with Crippen LogP contribution in [-0.2, 0) is 11.2 Å². The molecule has 1 atom stereocenters. The first-order chi connectivity index (χ1) is 15.8. The van der Waals surface area contributed by atoms with Crippen molar-refractivity contribution in [2.45, 2.75) is 50.0 Å². The zero-order valence-corrected chi connectivity index (χ0v) is 21.6. The van der Waals surface area contributed by atoms with Gasteiger partial charge in [0, 0.05) is 0 Å². The van der Waals surface area contributed by atoms with E-state index < -0.39 is 24.9 Å². The number of nitrogens with zero attached hydrogens (tertiary/aromatic N) is 2. The van der Waals surface area contributed by atoms with Gasteiger partial charge in [-0.3, -0.25) is 0 Å². The van der Waals surface area contributed by atoms with E-state index in [2.05, 4.69) is 56.7 Å². The number of anilines is 2. The number of hydrogen-bond donors (Lipinski definition) is 1. The number of fused-ring (bicyclic) bond motifs is 1. The van der Waals surface area contributed by atoms with Gasteiger partial charge in [-0.05, 0) is 0 Å². The molecule has 4 rings (SSSR count). The van der Waals surface area contributed by atoms with Gasteiger partial charge in [0.15, 0.2) is 0 Å². The minimum absolute atomic E-state index is 0.0334. The first-order valence-electron chi connectivity index (χ1n) is 11.3. The Hall–Kier alpha value is -2.74. The van der Waals surface area contributed by atoms with Crippen LogP contribution in [0, 0.1) is 0 Å². The molecular formula is C27H29IN3O2-. The number of pyridine rings is 1. The Balaban J connectivity index is 1.75. The van der Waals surface area contributed by atoms with Crippen LogP contribution < -0.4 is 29.9 Å². The fourth-order valence-corrected chi connectivity index (χ4v) is 6.94. The average Bonchev–Trinajstić information content (AvgIpc) is 2.82. The third-order valence-corrected chi connectivity index (χ3v) is 9.08. The molecule has 2 heterocycles. The van der Waals surface area contributed by atoms with Crippen molar-refractivity contribution in [3.63, 3.8) is 0 Å². The predicted octanol–water partition coefficient (Wildman–Crippen LogP) is 2.32. The number of carbonyl (C=O) groups excluding carboxylic acids is 2. The summed E-state index contributed by atoms with van der Waals surface area (Å²) in [5, 5.41) is 2.96. The molecule has 0 bridgehead atoms. The van der Waals surface area contributed by atoms with Gasteiger partial charge in [-0.15, -0.1) is 0 Å². The summed E-state index contributed by atoms with van der Waals surface area (Å²) in [5.41, 5.74) is 5.03. The zero-order chi connectivity index (χ0) is 23.6. The Labute approximate surface area is 206 Å². The molecule has 1 aromatic heterocycles. The first kappa shape index (κ1) is 23.4. The summed E-state index contributed by atoms with van der Waals surface area (Å²) in [7, 11) is 0. The molecule has 3 aromatic rings. The number of hydrogen-bond acceptors (Lipinski definition) is 4. The summed E-state index contributed by atoms with van der Waals surface area (Å²) in [4.78, 5) is 31.1. The van der Waals surface area contributed by atoms with Crippen molar-refractivity contribution in [3.05, 3.63) is 78.0 Å². The van der Waals surface area contributed by atoms with Crippen LogP contribution in [0.15, 0.2) is 66.9 Å². The Bertz CT molecular complexity index is 1180. The van der Waals surface area contributed by atoms with E-state index in [0.717, 1.165) is 29.7 Å². The van der Waals surface area contributed by atoms with Gasteiger partial charge >= 0.3 is 207 Å². The van der Waals surface area contributed by atoms with E-state index in [1.165, 1.54) is 5.56 Å². The van der Waals surface area contributed by atoms with E-state index in [1.54, 1.807) is 25.3 Å². The van der Waals surface area contributed by atoms with Crippen LogP contribution >= 0.6 is 0 Å². The first-order valence-corrected chi connectivity index (χ1v) is 13.3. The Morgan fingerprint density at radius 2 is 1.85 bits per heavy atom. The molecule has 0 saturated carbocycles. The SMILES string of the molecule is CCCc1ccc(-c2cccc(N3[I-][C@](C)(C(=O)NC(C)C)C(=O)c4cccnc43)c2)cc1. The van der Waals surface area contributed by atoms with Crippen LogP contribution in [0.4, 0.5) is 11.5 Å². The summed E-state index contributed by atoms with van der Waals surface area (Å²) in [6.45, 7) is 7.79. The molecule has 1 aliphatic heterocycles. The van der Waals surface area contributed by atoms with Crippen LogP contribution in [0.1, 0.15) is 50.0 Å². The third kappa shape index (κ3) is 4.67. The van der Waals surface area contributed by atoms with Gasteiger partial charge in [0.05, 0.1) is 0 Å². The topological polar surface area (TPSA) is 62.3 Å². The van der Waals surface area contributed by atoms with Crippen LogP contribution in [0.2, 0.25) is 0 Å². The van der Waals surface area contributed by atoms with E-state index in [9.17, 15) is 9.59 Å². The van der Waals surface area contributed by atoms with E-state index >= 15 is 0 Å². The number of rotatable bonds is 6. The second-order valence-corrected chi connectivity index (χ2v) is 12.3. The molecule has 0 unspecified atom stereocenters. The molecule has 0 radical (unpaired) electrons. The van der Waals surface area contributed by atoms with Gasteiger partial charge in [0.1, 0.15) is 0 Å². The van der Waals surface area contributed by atoms with Crippen molar-refractivity contribution in [1.82, 2.24) is 10.3 Å². The summed E-state index contributed by atoms with van der Waals surface area (Å²) < 4.78 is 1.00. The Morgan fingerprint density at radius 1 is 1.09 bits per heavy atom. The van der Waals surface area contributed by atoms with E-state index in [4.69, 9.17) is 0 Å². The summed E-state index contributed by atoms with van der Waals surface area (Å²) >= 11 is -1.06. The van der Waals surface area contributed by atoms with Gasteiger partial charge in [-0.2, -0.15) is 0 Å². The monoisotopic (exact) mass is 554 g/mol. The zero-order valence-electron chi connectivity index (χ0n) is 19.4. The Morgan fingerprint density at radius 3 is 2.55 bits per heavy atom. The number of benzene rings is 2. The van der Waals surface area contributed by atoms with Crippen LogP contribution in [0.3, 0.4) is 0 Å². The molecule has 1 N–H and O–H groups in total. The number of halogens is 1. The molecule has 5 nitrogen and oxygen atoms in total. The Kier molecular flexibility index (Phi) is 6.83. The molecule has 1 aliphatic rings. The number of carbonyl (C=O) groups is 2. The van der Waals surface area contributed by atoms with Crippen molar-refractivity contribution >= 4 is 23.2 Å². The molecule has 0 aliphatic carbocycles. The van der Waals surface area contributed by atoms with Crippen LogP contribution in [-0.4, -0.2) is 26.1 Å². The van der Waals surface area contributed by atoms with Gasteiger partial charge in [0.25, 0.3) is 0 Å². The standard InChI is InChI=1S/C27H29IN3O2/c1-5-8-19-12-14-20(15-13-19)21-9-6-10-22(17-21)31-25-23(11-7-16-29-25)24(32)27(4,28-31)26(33)30-18(2)3/h6-7,9-18H,5,8H2,1-4H3,(H,30,33)/q-1/t27-/m0/s1. The van der Waals surface area contributed by atoms with Crippen LogP contribution in [0.25, 0.3) is 11.1 Å². The van der Waals surface area contributed by atoms with Crippen molar-refractivity contribution in [2.24, 2.45) is 0 Å². The van der Waals surface area contributed by atoms with Crippen molar-refractivity contribution in [1.29, 1.82) is 0 Å². The van der Waals surface area contributed by atoms with Crippen molar-refractivity contribution in [2.75, 3.05) is 3.11 Å². The molecule has 1 amide bonds. The molecule has 172 valence electrons. The van der Waals surface area contributed by atoms with Gasteiger partial charge in [-0.1, -0.05) is 0 Å². The number of alkyl halides is 1. The molecule has 33 heavy (non-hydrogen) atoms. The molecular weight excluding hydrogens is 525 g/mol. The van der Waals surface area contributed by atoms with Gasteiger partial charge in [-0.25, -0.2) is 0 Å². The van der Waals surface area contributed by atoms with E-state index in [1.807, 2.05) is 26.0 Å². The number of Topliss-reactive ketones (excluding diaryl/α,β-unsaturated/α-hetero) is 1. The molecule has 6 heteroatoms. The van der Waals surface area contributed by atoms with E-state index in [0.29, 0.717) is 11.4 Å². The second-order valence-electron chi connectivity index (χ2n) is 8.70. The normalized spacial score (nSPS) is 18.0. The third-order valence-electron chi connectivity index (χ3n) is 5.64. The summed E-state index contributed by atoms with van der Waals surface area (Å²) in [6.07, 6.45) is 3.91. The summed E-state index contributed by atoms with van der Waals surface area (Å²) in [5.74, 6) is 0.286. The van der Waals surface area contributed by atoms with Gasteiger partial charge < -0.3 is 0 Å². The molecule has 0 spiro atoms. The number of aromatic nitrogens is 1. The number of ketones is 1. The predicted molar refractivity (Wildman–Crippen MR) is 128 cm³/mol. The minimum atomic E-state index is -1.10. The van der Waals surface area contributed by atoms with Crippen molar-refractivity contribution in [3.8, 4) is 11.1 Å². The molecule has 2 aromatic carbocycles. The molecule has 0 saturated heterocycles. The maximum absolute atomic E-state index is 13.4. The number of aryl methyl sites for hydroxylation is 1. The maximum atomic E-state index is 13.4. The van der Waals surface area contributed by atoms with Crippen LogP contribution in [0.5, 0.6) is 0 Å². The fourth-order valence-electron chi connectivity index (χ4n) is 3.90. The van der Waals surface area contributed by atoms with E-state index in [-0.39, 0.29) is 17.7 Å². The number of amides is 1. The second kappa shape index (κ2) is 9.63. The summed E-state index contributed by atoms with van der Waals surface area (Å²) in [6, 6.07) is 20.5.